The fourth-order valence-corrected chi connectivity index (χ4v) is 4.36. The van der Waals surface area contributed by atoms with Crippen LogP contribution in [0.5, 0.6) is 0 Å². The van der Waals surface area contributed by atoms with Crippen LogP contribution in [0.15, 0.2) is 16.6 Å². The second-order valence-corrected chi connectivity index (χ2v) is 6.47. The van der Waals surface area contributed by atoms with Gasteiger partial charge in [-0.05, 0) is 12.1 Å². The van der Waals surface area contributed by atoms with Gasteiger partial charge < -0.3 is 0 Å². The van der Waals surface area contributed by atoms with Crippen molar-refractivity contribution in [1.29, 1.82) is 0 Å². The summed E-state index contributed by atoms with van der Waals surface area (Å²) >= 11 is 6.14. The average Bonchev–Trinajstić information content (AvgIpc) is 2.43. The third-order valence-electron chi connectivity index (χ3n) is 1.97. The number of benzene rings is 1. The molecule has 1 aliphatic rings. The van der Waals surface area contributed by atoms with Gasteiger partial charge in [-0.15, -0.1) is 0 Å². The standard InChI is InChI=1S/C10H8BrF2S2.2C2H6/c11-6-4-7(12)9(8(13)5-6)10-14-2-1-3-15-10;2*1-2/h4-5H,1-3H2;2*1-2H3/q+1;;. The summed E-state index contributed by atoms with van der Waals surface area (Å²) in [4.78, 5) is 0. The van der Waals surface area contributed by atoms with Gasteiger partial charge in [-0.1, -0.05) is 55.4 Å². The third kappa shape index (κ3) is 5.88. The third-order valence-corrected chi connectivity index (χ3v) is 5.05. The molecule has 5 heteroatoms. The molecule has 0 spiro atoms. The highest BCUT2D eigenvalue weighted by molar-refractivity contribution is 9.10. The van der Waals surface area contributed by atoms with E-state index >= 15 is 0 Å². The Balaban J connectivity index is 0.000000741. The molecule has 0 unspecified atom stereocenters. The maximum Gasteiger partial charge on any atom is 0.270 e. The topological polar surface area (TPSA) is 0 Å². The van der Waals surface area contributed by atoms with E-state index in [1.807, 2.05) is 27.7 Å². The smallest absolute Gasteiger partial charge is 0.206 e. The summed E-state index contributed by atoms with van der Waals surface area (Å²) in [7, 11) is 0. The van der Waals surface area contributed by atoms with Gasteiger partial charge in [-0.2, -0.15) is 0 Å². The van der Waals surface area contributed by atoms with E-state index in [9.17, 15) is 8.78 Å². The molecule has 1 aromatic rings. The summed E-state index contributed by atoms with van der Waals surface area (Å²) in [5.74, 6) is 0.909. The Morgan fingerprint density at radius 2 is 1.63 bits per heavy atom. The molecule has 0 saturated heterocycles. The van der Waals surface area contributed by atoms with Gasteiger partial charge >= 0.3 is 0 Å². The van der Waals surface area contributed by atoms with E-state index in [1.165, 1.54) is 35.2 Å². The minimum Gasteiger partial charge on any atom is -0.206 e. The van der Waals surface area contributed by atoms with E-state index in [0.29, 0.717) is 4.47 Å². The van der Waals surface area contributed by atoms with Crippen LogP contribution in [-0.4, -0.2) is 15.7 Å². The Labute approximate surface area is 131 Å². The van der Waals surface area contributed by atoms with Crippen molar-refractivity contribution in [2.24, 2.45) is 0 Å². The first-order chi connectivity index (χ1) is 9.18. The molecule has 0 saturated carbocycles. The molecule has 0 fully saturated rings. The second kappa shape index (κ2) is 10.7. The van der Waals surface area contributed by atoms with Crippen molar-refractivity contribution in [3.8, 4) is 0 Å². The lowest BCUT2D eigenvalue weighted by Crippen LogP contribution is -2.11. The molecule has 0 radical (unpaired) electrons. The fraction of sp³-hybridized carbons (Fsp3) is 0.500. The monoisotopic (exact) mass is 369 g/mol. The minimum absolute atomic E-state index is 0.132. The van der Waals surface area contributed by atoms with Gasteiger partial charge in [-0.25, -0.2) is 8.78 Å². The van der Waals surface area contributed by atoms with E-state index in [0.717, 1.165) is 22.1 Å². The summed E-state index contributed by atoms with van der Waals surface area (Å²) in [6.07, 6.45) is 1.10. The van der Waals surface area contributed by atoms with Crippen molar-refractivity contribution in [3.63, 3.8) is 0 Å². The Morgan fingerprint density at radius 1 is 1.11 bits per heavy atom. The van der Waals surface area contributed by atoms with E-state index in [2.05, 4.69) is 15.9 Å². The average molecular weight is 370 g/mol. The lowest BCUT2D eigenvalue weighted by Gasteiger charge is -2.05. The molecule has 0 N–H and O–H groups in total. The van der Waals surface area contributed by atoms with Crippen molar-refractivity contribution in [2.75, 3.05) is 11.5 Å². The molecular formula is C14H20BrF2S2+. The molecule has 19 heavy (non-hydrogen) atoms. The highest BCUT2D eigenvalue weighted by atomic mass is 79.9. The van der Waals surface area contributed by atoms with E-state index in [1.54, 1.807) is 0 Å². The first-order valence-electron chi connectivity index (χ1n) is 6.46. The first kappa shape index (κ1) is 19.0. The zero-order valence-electron chi connectivity index (χ0n) is 11.7. The molecule has 1 aromatic carbocycles. The summed E-state index contributed by atoms with van der Waals surface area (Å²) < 4.78 is 28.4. The van der Waals surface area contributed by atoms with Crippen LogP contribution in [0, 0.1) is 11.6 Å². The minimum atomic E-state index is -0.487. The number of rotatable bonds is 1. The van der Waals surface area contributed by atoms with E-state index in [-0.39, 0.29) is 5.56 Å². The Bertz CT molecular complexity index is 397. The molecular weight excluding hydrogens is 350 g/mol. The van der Waals surface area contributed by atoms with Crippen LogP contribution in [0.25, 0.3) is 0 Å². The van der Waals surface area contributed by atoms with Gasteiger partial charge in [-0.3, -0.25) is 0 Å². The van der Waals surface area contributed by atoms with Crippen LogP contribution in [0.3, 0.4) is 0 Å². The lowest BCUT2D eigenvalue weighted by atomic mass is 10.2. The highest BCUT2D eigenvalue weighted by Gasteiger charge is 2.26. The largest absolute Gasteiger partial charge is 0.270 e. The van der Waals surface area contributed by atoms with Crippen LogP contribution >= 0.6 is 27.7 Å². The maximum atomic E-state index is 13.6. The Morgan fingerprint density at radius 3 is 2.05 bits per heavy atom. The van der Waals surface area contributed by atoms with Gasteiger partial charge in [0.15, 0.2) is 17.1 Å². The molecule has 1 heterocycles. The highest BCUT2D eigenvalue weighted by Crippen LogP contribution is 2.25. The van der Waals surface area contributed by atoms with Crippen LogP contribution in [-0.2, 0) is 11.4 Å². The van der Waals surface area contributed by atoms with Crippen LogP contribution in [0.1, 0.15) is 39.7 Å². The van der Waals surface area contributed by atoms with E-state index < -0.39 is 11.6 Å². The van der Waals surface area contributed by atoms with Crippen molar-refractivity contribution in [2.45, 2.75) is 34.1 Å². The van der Waals surface area contributed by atoms with Gasteiger partial charge in [0.2, 0.25) is 0 Å². The molecule has 0 aliphatic carbocycles. The maximum absolute atomic E-state index is 13.6. The van der Waals surface area contributed by atoms with Crippen LogP contribution in [0.2, 0.25) is 0 Å². The van der Waals surface area contributed by atoms with Crippen molar-refractivity contribution < 1.29 is 8.78 Å². The molecule has 108 valence electrons. The lowest BCUT2D eigenvalue weighted by molar-refractivity contribution is 0.579. The number of hydrogen-bond acceptors (Lipinski definition) is 1. The van der Waals surface area contributed by atoms with Gasteiger partial charge in [0.1, 0.15) is 17.2 Å². The summed E-state index contributed by atoms with van der Waals surface area (Å²) in [6.45, 7) is 8.00. The van der Waals surface area contributed by atoms with Crippen molar-refractivity contribution in [1.82, 2.24) is 0 Å². The van der Waals surface area contributed by atoms with Crippen molar-refractivity contribution in [3.05, 3.63) is 33.8 Å². The number of hydrogen-bond donors (Lipinski definition) is 0. The summed E-state index contributed by atoms with van der Waals surface area (Å²) in [5.41, 5.74) is 0.132. The van der Waals surface area contributed by atoms with Gasteiger partial charge in [0.05, 0.1) is 0 Å². The molecule has 0 amide bonds. The zero-order chi connectivity index (χ0) is 14.8. The fourth-order valence-electron chi connectivity index (χ4n) is 1.31. The molecule has 2 rings (SSSR count). The molecule has 0 nitrogen and oxygen atoms in total. The van der Waals surface area contributed by atoms with Crippen LogP contribution in [0.4, 0.5) is 8.78 Å². The first-order valence-corrected chi connectivity index (χ1v) is 9.22. The number of halogens is 3. The van der Waals surface area contributed by atoms with Gasteiger partial charge in [0.25, 0.3) is 4.20 Å². The normalized spacial score (nSPS) is 13.5. The molecule has 1 aliphatic heterocycles. The van der Waals surface area contributed by atoms with E-state index in [4.69, 9.17) is 0 Å². The summed E-state index contributed by atoms with van der Waals surface area (Å²) in [6, 6.07) is 2.61. The zero-order valence-corrected chi connectivity index (χ0v) is 14.9. The Kier molecular flexibility index (Phi) is 10.7. The molecule has 0 aromatic heterocycles. The second-order valence-electron chi connectivity index (χ2n) is 3.08. The van der Waals surface area contributed by atoms with Crippen molar-refractivity contribution >= 4 is 43.2 Å². The van der Waals surface area contributed by atoms with Gasteiger partial charge in [0, 0.05) is 16.6 Å². The number of thioether (sulfide) groups is 1. The van der Waals surface area contributed by atoms with Crippen LogP contribution < -0.4 is 0 Å². The SMILES string of the molecule is CC.CC.Fc1cc(Br)cc(F)c1C1=[S+]CCCS1. The predicted molar refractivity (Wildman–Crippen MR) is 90.2 cm³/mol. The molecule has 0 atom stereocenters. The Hall–Kier alpha value is -0.000000000000000111. The molecule has 0 bridgehead atoms. The predicted octanol–water partition coefficient (Wildman–Crippen LogP) is 5.48. The quantitative estimate of drug-likeness (QED) is 0.466. The summed E-state index contributed by atoms with van der Waals surface area (Å²) in [5, 5.41) is 0.